The Hall–Kier alpha value is -3.49. The predicted octanol–water partition coefficient (Wildman–Crippen LogP) is 4.81. The number of aromatic nitrogens is 2. The molecule has 0 unspecified atom stereocenters. The molecular formula is C21H19F3N4O2. The van der Waals surface area contributed by atoms with Crippen LogP contribution in [-0.4, -0.2) is 27.0 Å². The van der Waals surface area contributed by atoms with Gasteiger partial charge in [0.05, 0.1) is 6.04 Å². The second-order valence-electron chi connectivity index (χ2n) is 7.26. The van der Waals surface area contributed by atoms with E-state index < -0.39 is 24.2 Å². The number of nitrogens with one attached hydrogen (secondary N) is 2. The van der Waals surface area contributed by atoms with Crippen LogP contribution in [0.15, 0.2) is 54.6 Å². The second kappa shape index (κ2) is 7.40. The Morgan fingerprint density at radius 1 is 1.20 bits per heavy atom. The molecule has 0 spiro atoms. The number of hydrogen-bond acceptors (Lipinski definition) is 4. The number of carbonyl (C=O) groups excluding carboxylic acids is 1. The molecule has 0 bridgehead atoms. The van der Waals surface area contributed by atoms with Crippen molar-refractivity contribution in [2.45, 2.75) is 31.6 Å². The lowest BCUT2D eigenvalue weighted by Crippen LogP contribution is -2.35. The molecule has 0 aliphatic carbocycles. The minimum absolute atomic E-state index is 0.0447. The Kier molecular flexibility index (Phi) is 4.89. The Balaban J connectivity index is 1.64. The number of aryl methyl sites for hydroxylation is 1. The summed E-state index contributed by atoms with van der Waals surface area (Å²) in [5.41, 5.74) is 1.90. The normalized spacial score (nSPS) is 18.4. The van der Waals surface area contributed by atoms with Gasteiger partial charge in [0, 0.05) is 24.2 Å². The first-order chi connectivity index (χ1) is 14.2. The molecule has 3 N–H and O–H groups in total. The van der Waals surface area contributed by atoms with E-state index in [2.05, 4.69) is 15.7 Å². The van der Waals surface area contributed by atoms with Crippen LogP contribution < -0.4 is 10.6 Å². The molecule has 2 heterocycles. The fourth-order valence-electron chi connectivity index (χ4n) is 3.48. The lowest BCUT2D eigenvalue weighted by atomic mass is 9.96. The highest BCUT2D eigenvalue weighted by atomic mass is 19.4. The van der Waals surface area contributed by atoms with Crippen molar-refractivity contribution in [1.29, 1.82) is 0 Å². The summed E-state index contributed by atoms with van der Waals surface area (Å²) in [5, 5.41) is 19.0. The van der Waals surface area contributed by atoms with Gasteiger partial charge in [0.15, 0.2) is 11.7 Å². The van der Waals surface area contributed by atoms with E-state index in [9.17, 15) is 23.1 Å². The number of phenolic OH excluding ortho intramolecular Hbond substituents is 1. The molecule has 3 aromatic rings. The Labute approximate surface area is 170 Å². The van der Waals surface area contributed by atoms with Crippen LogP contribution in [0.5, 0.6) is 5.75 Å². The number of rotatable bonds is 3. The van der Waals surface area contributed by atoms with Crippen molar-refractivity contribution in [2.75, 3.05) is 10.6 Å². The van der Waals surface area contributed by atoms with E-state index in [4.69, 9.17) is 0 Å². The monoisotopic (exact) mass is 416 g/mol. The zero-order valence-electron chi connectivity index (χ0n) is 15.9. The molecule has 2 aromatic carbocycles. The fourth-order valence-corrected chi connectivity index (χ4v) is 3.48. The predicted molar refractivity (Wildman–Crippen MR) is 106 cm³/mol. The topological polar surface area (TPSA) is 79.2 Å². The fraction of sp³-hybridized carbons (Fsp3) is 0.238. The van der Waals surface area contributed by atoms with Gasteiger partial charge in [-0.05, 0) is 24.6 Å². The molecule has 0 saturated carbocycles. The summed E-state index contributed by atoms with van der Waals surface area (Å²) in [6.07, 6.45) is -4.76. The number of alkyl halides is 3. The highest BCUT2D eigenvalue weighted by Gasteiger charge is 2.46. The maximum absolute atomic E-state index is 13.8. The number of phenols is 1. The molecule has 0 saturated heterocycles. The zero-order valence-corrected chi connectivity index (χ0v) is 15.9. The third-order valence-corrected chi connectivity index (χ3v) is 5.01. The molecule has 0 radical (unpaired) electrons. The van der Waals surface area contributed by atoms with Crippen molar-refractivity contribution in [3.8, 4) is 5.75 Å². The highest BCUT2D eigenvalue weighted by Crippen LogP contribution is 2.43. The van der Waals surface area contributed by atoms with Crippen LogP contribution in [0.3, 0.4) is 0 Å². The quantitative estimate of drug-likeness (QED) is 0.573. The minimum atomic E-state index is -4.52. The number of carbonyl (C=O) groups is 1. The SMILES string of the molecule is Cc1ccc([C@@H]2C[C@@H](C(F)(F)F)n3nc(C(=O)Nc4cccc(O)c4)cc3N2)cc1. The number of anilines is 2. The van der Waals surface area contributed by atoms with E-state index in [0.29, 0.717) is 5.69 Å². The molecule has 156 valence electrons. The van der Waals surface area contributed by atoms with Gasteiger partial charge in [-0.1, -0.05) is 35.9 Å². The standard InChI is InChI=1S/C21H19F3N4O2/c1-12-5-7-13(8-6-12)16-10-18(21(22,23)24)28-19(26-16)11-17(27-28)20(30)25-14-3-2-4-15(29)9-14/h2-9,11,16,18,26,29H,10H2,1H3,(H,25,30)/t16-,18-/m0/s1. The van der Waals surface area contributed by atoms with Gasteiger partial charge in [0.2, 0.25) is 0 Å². The average Bonchev–Trinajstić information content (AvgIpc) is 3.11. The van der Waals surface area contributed by atoms with Crippen molar-refractivity contribution in [3.63, 3.8) is 0 Å². The van der Waals surface area contributed by atoms with Gasteiger partial charge in [-0.25, -0.2) is 4.68 Å². The molecule has 30 heavy (non-hydrogen) atoms. The summed E-state index contributed by atoms with van der Waals surface area (Å²) >= 11 is 0. The van der Waals surface area contributed by atoms with Crippen LogP contribution in [0.4, 0.5) is 24.7 Å². The number of nitrogens with zero attached hydrogens (tertiary/aromatic N) is 2. The molecule has 9 heteroatoms. The van der Waals surface area contributed by atoms with Crippen molar-refractivity contribution in [1.82, 2.24) is 9.78 Å². The minimum Gasteiger partial charge on any atom is -0.508 e. The summed E-state index contributed by atoms with van der Waals surface area (Å²) in [6, 6.07) is 12.0. The molecule has 2 atom stereocenters. The van der Waals surface area contributed by atoms with E-state index in [0.717, 1.165) is 15.8 Å². The van der Waals surface area contributed by atoms with Crippen LogP contribution >= 0.6 is 0 Å². The Morgan fingerprint density at radius 3 is 2.60 bits per heavy atom. The summed E-state index contributed by atoms with van der Waals surface area (Å²) in [7, 11) is 0. The van der Waals surface area contributed by atoms with Gasteiger partial charge in [-0.2, -0.15) is 18.3 Å². The molecule has 1 amide bonds. The van der Waals surface area contributed by atoms with Crippen LogP contribution in [0, 0.1) is 6.92 Å². The van der Waals surface area contributed by atoms with Gasteiger partial charge in [-0.15, -0.1) is 0 Å². The van der Waals surface area contributed by atoms with Gasteiger partial charge in [0.1, 0.15) is 11.6 Å². The molecule has 1 aromatic heterocycles. The first kappa shape index (κ1) is 19.8. The lowest BCUT2D eigenvalue weighted by Gasteiger charge is -2.33. The lowest BCUT2D eigenvalue weighted by molar-refractivity contribution is -0.173. The van der Waals surface area contributed by atoms with Gasteiger partial charge >= 0.3 is 6.18 Å². The van der Waals surface area contributed by atoms with Crippen molar-refractivity contribution >= 4 is 17.4 Å². The molecule has 6 nitrogen and oxygen atoms in total. The number of halogens is 3. The van der Waals surface area contributed by atoms with Crippen LogP contribution in [0.25, 0.3) is 0 Å². The number of benzene rings is 2. The first-order valence-corrected chi connectivity index (χ1v) is 9.30. The molecule has 0 fully saturated rings. The number of fused-ring (bicyclic) bond motifs is 1. The summed E-state index contributed by atoms with van der Waals surface area (Å²) in [5.74, 6) is -0.594. The smallest absolute Gasteiger partial charge is 0.410 e. The second-order valence-corrected chi connectivity index (χ2v) is 7.26. The maximum Gasteiger partial charge on any atom is 0.410 e. The first-order valence-electron chi connectivity index (χ1n) is 9.30. The summed E-state index contributed by atoms with van der Waals surface area (Å²) in [4.78, 5) is 12.5. The summed E-state index contributed by atoms with van der Waals surface area (Å²) < 4.78 is 42.1. The maximum atomic E-state index is 13.8. The number of amides is 1. The molecular weight excluding hydrogens is 397 g/mol. The van der Waals surface area contributed by atoms with E-state index in [1.165, 1.54) is 24.3 Å². The molecule has 1 aliphatic rings. The van der Waals surface area contributed by atoms with Crippen LogP contribution in [-0.2, 0) is 0 Å². The van der Waals surface area contributed by atoms with Gasteiger partial charge in [0.25, 0.3) is 5.91 Å². The van der Waals surface area contributed by atoms with Crippen LogP contribution in [0.2, 0.25) is 0 Å². The van der Waals surface area contributed by atoms with E-state index >= 15 is 0 Å². The van der Waals surface area contributed by atoms with Crippen LogP contribution in [0.1, 0.15) is 40.1 Å². The third-order valence-electron chi connectivity index (χ3n) is 5.01. The van der Waals surface area contributed by atoms with Crippen molar-refractivity contribution in [3.05, 3.63) is 71.4 Å². The third kappa shape index (κ3) is 3.96. The zero-order chi connectivity index (χ0) is 21.5. The van der Waals surface area contributed by atoms with Crippen molar-refractivity contribution in [2.24, 2.45) is 0 Å². The molecule has 1 aliphatic heterocycles. The van der Waals surface area contributed by atoms with E-state index in [1.807, 2.05) is 19.1 Å². The Bertz CT molecular complexity index is 1080. The molecule has 4 rings (SSSR count). The van der Waals surface area contributed by atoms with Gasteiger partial charge in [-0.3, -0.25) is 4.79 Å². The van der Waals surface area contributed by atoms with Crippen molar-refractivity contribution < 1.29 is 23.1 Å². The van der Waals surface area contributed by atoms with Gasteiger partial charge < -0.3 is 15.7 Å². The van der Waals surface area contributed by atoms with E-state index in [-0.39, 0.29) is 23.7 Å². The largest absolute Gasteiger partial charge is 0.508 e. The Morgan fingerprint density at radius 2 is 1.93 bits per heavy atom. The highest BCUT2D eigenvalue weighted by molar-refractivity contribution is 6.03. The number of hydrogen-bond donors (Lipinski definition) is 3. The van der Waals surface area contributed by atoms with E-state index in [1.54, 1.807) is 18.2 Å². The average molecular weight is 416 g/mol. The number of aromatic hydroxyl groups is 1. The summed E-state index contributed by atoms with van der Waals surface area (Å²) in [6.45, 7) is 1.91.